The molecule has 0 N–H and O–H groups in total. The van der Waals surface area contributed by atoms with E-state index in [1.165, 1.54) is 0 Å². The predicted octanol–water partition coefficient (Wildman–Crippen LogP) is -7.45. The van der Waals surface area contributed by atoms with Crippen molar-refractivity contribution in [1.82, 2.24) is 0 Å². The molecule has 0 rings (SSSR count). The normalized spacial score (nSPS) is 16.7. The summed E-state index contributed by atoms with van der Waals surface area (Å²) >= 11 is 0. The zero-order valence-electron chi connectivity index (χ0n) is 13.9. The summed E-state index contributed by atoms with van der Waals surface area (Å²) in [7, 11) is -13.1. The van der Waals surface area contributed by atoms with Crippen LogP contribution in [0.2, 0.25) is 0 Å². The first-order valence-corrected chi connectivity index (χ1v) is 13.5. The number of halogens is 2. The molecule has 0 heterocycles. The van der Waals surface area contributed by atoms with Gasteiger partial charge in [-0.1, -0.05) is 0 Å². The molecule has 0 spiro atoms. The van der Waals surface area contributed by atoms with Gasteiger partial charge in [0.15, 0.2) is 0 Å². The van der Waals surface area contributed by atoms with Crippen molar-refractivity contribution in [1.29, 1.82) is 0 Å². The van der Waals surface area contributed by atoms with E-state index in [1.54, 1.807) is 0 Å². The molecule has 0 aliphatic carbocycles. The Morgan fingerprint density at radius 2 is 0.792 bits per heavy atom. The molecule has 0 aromatic rings. The van der Waals surface area contributed by atoms with Crippen LogP contribution in [0.3, 0.4) is 0 Å². The van der Waals surface area contributed by atoms with Gasteiger partial charge in [-0.3, -0.25) is 0 Å². The second-order valence-corrected chi connectivity index (χ2v) is 13.0. The molecule has 10 nitrogen and oxygen atoms in total. The average Bonchev–Trinajstić information content (AvgIpc) is 2.31. The highest BCUT2D eigenvalue weighted by Crippen LogP contribution is 2.08. The van der Waals surface area contributed by atoms with Gasteiger partial charge in [-0.15, -0.1) is 28.9 Å². The smallest absolute Gasteiger partial charge is 0.112 e. The highest BCUT2D eigenvalue weighted by molar-refractivity contribution is 8.02. The quantitative estimate of drug-likeness (QED) is 0.269. The van der Waals surface area contributed by atoms with Crippen molar-refractivity contribution in [3.63, 3.8) is 0 Å². The fourth-order valence-electron chi connectivity index (χ4n) is 1.10. The van der Waals surface area contributed by atoms with Gasteiger partial charge >= 0.3 is 0 Å². The Hall–Kier alpha value is 0.560. The van der Waals surface area contributed by atoms with Crippen LogP contribution in [-0.2, 0) is 28.3 Å². The zero-order valence-corrected chi connectivity index (χ0v) is 17.0. The van der Waals surface area contributed by atoms with Crippen LogP contribution < -0.4 is 37.3 Å². The van der Waals surface area contributed by atoms with Gasteiger partial charge in [0.25, 0.3) is 0 Å². The van der Waals surface area contributed by atoms with Gasteiger partial charge in [-0.2, -0.15) is 0 Å². The van der Waals surface area contributed by atoms with Gasteiger partial charge in [0, 0.05) is 0 Å². The van der Waals surface area contributed by atoms with E-state index in [2.05, 4.69) is 0 Å². The second-order valence-electron chi connectivity index (χ2n) is 4.82. The van der Waals surface area contributed by atoms with Crippen molar-refractivity contribution >= 4 is 19.9 Å². The summed E-state index contributed by atoms with van der Waals surface area (Å²) in [6.07, 6.45) is 5.59. The van der Waals surface area contributed by atoms with Crippen molar-refractivity contribution in [3.8, 4) is 0 Å². The lowest BCUT2D eigenvalue weighted by Crippen LogP contribution is -2.68. The van der Waals surface area contributed by atoms with E-state index >= 15 is 0 Å². The lowest BCUT2D eigenvalue weighted by Gasteiger charge is -2.17. The lowest BCUT2D eigenvalue weighted by molar-refractivity contribution is -2.00. The molecule has 0 fully saturated rings. The molecule has 2 atom stereocenters. The maximum Gasteiger partial charge on any atom is 0.112 e. The van der Waals surface area contributed by atoms with E-state index in [0.29, 0.717) is 0 Å². The van der Waals surface area contributed by atoms with Crippen molar-refractivity contribution < 1.29 is 66.2 Å². The van der Waals surface area contributed by atoms with Gasteiger partial charge in [-0.25, -0.2) is 37.3 Å². The number of hydrogen-bond donors (Lipinski definition) is 0. The van der Waals surface area contributed by atoms with Crippen LogP contribution in [0.25, 0.3) is 0 Å². The second kappa shape index (κ2) is 12.8. The molecule has 14 heteroatoms. The van der Waals surface area contributed by atoms with Gasteiger partial charge in [0.2, 0.25) is 0 Å². The molecule has 0 bridgehead atoms. The maximum absolute atomic E-state index is 11.7. The van der Waals surface area contributed by atoms with E-state index in [1.807, 2.05) is 26.4 Å². The average molecular weight is 439 g/mol. The molecule has 0 saturated heterocycles. The van der Waals surface area contributed by atoms with Crippen molar-refractivity contribution in [3.05, 3.63) is 0 Å². The summed E-state index contributed by atoms with van der Waals surface area (Å²) in [6, 6.07) is 0. The first-order chi connectivity index (χ1) is 10.3. The highest BCUT2D eigenvalue weighted by Gasteiger charge is 2.20. The topological polar surface area (TPSA) is 219 Å². The Labute approximate surface area is 148 Å². The fourth-order valence-corrected chi connectivity index (χ4v) is 3.31. The third-order valence-electron chi connectivity index (χ3n) is 2.62. The third kappa shape index (κ3) is 43.3. The Morgan fingerprint density at radius 1 is 0.625 bits per heavy atom. The van der Waals surface area contributed by atoms with Crippen LogP contribution in [0.15, 0.2) is 0 Å². The van der Waals surface area contributed by atoms with E-state index in [9.17, 15) is 8.42 Å². The van der Waals surface area contributed by atoms with Crippen LogP contribution in [-0.4, -0.2) is 35.5 Å². The maximum atomic E-state index is 11.7. The Bertz CT molecular complexity index is 357. The summed E-state index contributed by atoms with van der Waals surface area (Å²) in [5, 5.41) is 0. The summed E-state index contributed by atoms with van der Waals surface area (Å²) in [5.41, 5.74) is 0. The Balaban J connectivity index is -0.000000361. The molecular formula is C10H24Cl2O10S2. The molecule has 0 amide bonds. The molecule has 24 heavy (non-hydrogen) atoms. The summed E-state index contributed by atoms with van der Waals surface area (Å²) in [5.74, 6) is 3.12. The summed E-state index contributed by atoms with van der Waals surface area (Å²) in [6.45, 7) is 3.94. The molecule has 0 saturated carbocycles. The van der Waals surface area contributed by atoms with E-state index in [4.69, 9.17) is 37.3 Å². The van der Waals surface area contributed by atoms with Gasteiger partial charge in [0.05, 0.1) is 19.9 Å². The molecule has 2 unspecified atom stereocenters. The van der Waals surface area contributed by atoms with Crippen LogP contribution in [0, 0.1) is 20.5 Å². The molecular weight excluding hydrogens is 415 g/mol. The molecule has 0 aliphatic rings. The molecule has 0 aromatic heterocycles. The minimum absolute atomic E-state index is 0.766. The minimum atomic E-state index is -4.94. The first-order valence-electron chi connectivity index (χ1n) is 6.45. The largest absolute Gasteiger partial charge is 0.222 e. The lowest BCUT2D eigenvalue weighted by atomic mass is 10.4. The van der Waals surface area contributed by atoms with Crippen LogP contribution in [0.4, 0.5) is 0 Å². The van der Waals surface area contributed by atoms with Gasteiger partial charge in [0.1, 0.15) is 35.5 Å². The monoisotopic (exact) mass is 438 g/mol. The van der Waals surface area contributed by atoms with E-state index < -0.39 is 40.4 Å². The molecule has 0 radical (unpaired) electrons. The standard InChI is InChI=1S/C10H24O2S2.2ClHO4/c1-5-13(3,11)9-7-8-10-14(4,12)6-2;2*2-1(3,4)5/h5-10H2,1-4H3;2*(H,2,3,4,5)/q+2;;/p-2. The van der Waals surface area contributed by atoms with Crippen LogP contribution >= 0.6 is 0 Å². The van der Waals surface area contributed by atoms with Crippen molar-refractivity contribution in [2.75, 3.05) is 35.5 Å². The Morgan fingerprint density at radius 3 is 0.917 bits per heavy atom. The zero-order chi connectivity index (χ0) is 20.2. The van der Waals surface area contributed by atoms with Crippen LogP contribution in [0.5, 0.6) is 0 Å². The number of unbranched alkanes of at least 4 members (excludes halogenated alkanes) is 1. The van der Waals surface area contributed by atoms with E-state index in [0.717, 1.165) is 35.9 Å². The predicted molar refractivity (Wildman–Crippen MR) is 68.0 cm³/mol. The minimum Gasteiger partial charge on any atom is -0.222 e. The van der Waals surface area contributed by atoms with Crippen molar-refractivity contribution in [2.45, 2.75) is 26.7 Å². The summed E-state index contributed by atoms with van der Waals surface area (Å²) in [4.78, 5) is 0. The number of hydrogen-bond acceptors (Lipinski definition) is 10. The molecule has 0 aliphatic heterocycles. The van der Waals surface area contributed by atoms with Gasteiger partial charge < -0.3 is 0 Å². The highest BCUT2D eigenvalue weighted by atomic mass is 35.7. The fraction of sp³-hybridized carbons (Fsp3) is 1.00. The molecule has 150 valence electrons. The van der Waals surface area contributed by atoms with Gasteiger partial charge in [-0.05, 0) is 26.7 Å². The van der Waals surface area contributed by atoms with E-state index in [-0.39, 0.29) is 0 Å². The number of rotatable bonds is 7. The Kier molecular flexibility index (Phi) is 15.7. The van der Waals surface area contributed by atoms with Crippen molar-refractivity contribution in [2.24, 2.45) is 0 Å². The first kappa shape index (κ1) is 29.3. The third-order valence-corrected chi connectivity index (χ3v) is 7.37. The van der Waals surface area contributed by atoms with Crippen LogP contribution in [0.1, 0.15) is 26.7 Å². The summed E-state index contributed by atoms with van der Waals surface area (Å²) < 4.78 is 91.3. The SMILES string of the molecule is CC[S+](C)(=O)CCCC[S+](C)(=O)CC.[O-][Cl+3]([O-])([O-])[O-].[O-][Cl+3]([O-])([O-])[O-]. The molecule has 0 aromatic carbocycles.